The maximum atomic E-state index is 12.7. The fourth-order valence-corrected chi connectivity index (χ4v) is 2.81. The highest BCUT2D eigenvalue weighted by molar-refractivity contribution is 6.04. The second kappa shape index (κ2) is 10.4. The Morgan fingerprint density at radius 2 is 1.71 bits per heavy atom. The molecule has 28 heavy (non-hydrogen) atoms. The van der Waals surface area contributed by atoms with Gasteiger partial charge in [-0.25, -0.2) is 0 Å². The van der Waals surface area contributed by atoms with Crippen molar-refractivity contribution in [3.8, 4) is 5.75 Å². The lowest BCUT2D eigenvalue weighted by Crippen LogP contribution is -2.32. The fraction of sp³-hybridized carbons (Fsp3) is 0.409. The third-order valence-corrected chi connectivity index (χ3v) is 4.00. The van der Waals surface area contributed by atoms with Crippen molar-refractivity contribution in [2.24, 2.45) is 0 Å². The maximum absolute atomic E-state index is 12.7. The normalized spacial score (nSPS) is 10.6. The van der Waals surface area contributed by atoms with Crippen LogP contribution < -0.4 is 10.1 Å². The molecular formula is C22H29N3O3. The Morgan fingerprint density at radius 1 is 1.07 bits per heavy atom. The van der Waals surface area contributed by atoms with Crippen LogP contribution in [-0.4, -0.2) is 40.9 Å². The highest BCUT2D eigenvalue weighted by Gasteiger charge is 2.17. The smallest absolute Gasteiger partial charge is 0.274 e. The molecule has 0 unspecified atom stereocenters. The molecule has 1 aromatic carbocycles. The minimum atomic E-state index is -0.357. The van der Waals surface area contributed by atoms with E-state index in [0.717, 1.165) is 18.6 Å². The lowest BCUT2D eigenvalue weighted by Gasteiger charge is -2.21. The van der Waals surface area contributed by atoms with Crippen molar-refractivity contribution in [1.82, 2.24) is 9.88 Å². The number of carbonyl (C=O) groups excluding carboxylic acids is 2. The van der Waals surface area contributed by atoms with Crippen LogP contribution in [0.5, 0.6) is 5.75 Å². The summed E-state index contributed by atoms with van der Waals surface area (Å²) < 4.78 is 5.60. The Morgan fingerprint density at radius 3 is 2.29 bits per heavy atom. The van der Waals surface area contributed by atoms with Gasteiger partial charge < -0.3 is 15.0 Å². The van der Waals surface area contributed by atoms with Crippen molar-refractivity contribution in [2.45, 2.75) is 46.6 Å². The summed E-state index contributed by atoms with van der Waals surface area (Å²) in [5, 5.41) is 2.80. The van der Waals surface area contributed by atoms with Gasteiger partial charge in [0.1, 0.15) is 11.4 Å². The first-order chi connectivity index (χ1) is 13.4. The number of hydrogen-bond acceptors (Lipinski definition) is 4. The summed E-state index contributed by atoms with van der Waals surface area (Å²) in [5.74, 6) is 0.311. The van der Waals surface area contributed by atoms with Crippen LogP contribution >= 0.6 is 0 Å². The molecule has 1 N–H and O–H groups in total. The van der Waals surface area contributed by atoms with E-state index in [1.54, 1.807) is 36.4 Å². The van der Waals surface area contributed by atoms with Gasteiger partial charge in [-0.1, -0.05) is 13.8 Å². The zero-order valence-corrected chi connectivity index (χ0v) is 17.1. The molecule has 2 rings (SSSR count). The zero-order chi connectivity index (χ0) is 20.5. The quantitative estimate of drug-likeness (QED) is 0.697. The largest absolute Gasteiger partial charge is 0.491 e. The van der Waals surface area contributed by atoms with Gasteiger partial charge >= 0.3 is 0 Å². The van der Waals surface area contributed by atoms with Crippen molar-refractivity contribution in [3.63, 3.8) is 0 Å². The van der Waals surface area contributed by atoms with Crippen molar-refractivity contribution >= 4 is 17.5 Å². The molecule has 6 nitrogen and oxygen atoms in total. The van der Waals surface area contributed by atoms with E-state index in [-0.39, 0.29) is 23.6 Å². The molecule has 0 aliphatic rings. The minimum absolute atomic E-state index is 0.0738. The number of aromatic nitrogens is 1. The molecule has 0 fully saturated rings. The van der Waals surface area contributed by atoms with E-state index >= 15 is 0 Å². The van der Waals surface area contributed by atoms with Gasteiger partial charge in [0.15, 0.2) is 0 Å². The second-order valence-electron chi connectivity index (χ2n) is 6.87. The Hall–Kier alpha value is -2.89. The van der Waals surface area contributed by atoms with E-state index < -0.39 is 0 Å². The van der Waals surface area contributed by atoms with E-state index in [4.69, 9.17) is 4.74 Å². The summed E-state index contributed by atoms with van der Waals surface area (Å²) in [7, 11) is 0. The van der Waals surface area contributed by atoms with Crippen LogP contribution in [0, 0.1) is 0 Å². The third-order valence-electron chi connectivity index (χ3n) is 4.00. The average molecular weight is 383 g/mol. The number of benzene rings is 1. The summed E-state index contributed by atoms with van der Waals surface area (Å²) in [6.45, 7) is 9.38. The van der Waals surface area contributed by atoms with E-state index in [1.807, 2.05) is 32.6 Å². The summed E-state index contributed by atoms with van der Waals surface area (Å²) >= 11 is 0. The maximum Gasteiger partial charge on any atom is 0.274 e. The number of ether oxygens (including phenoxy) is 1. The molecule has 150 valence electrons. The molecule has 2 aromatic rings. The van der Waals surface area contributed by atoms with Crippen LogP contribution in [-0.2, 0) is 0 Å². The highest BCUT2D eigenvalue weighted by atomic mass is 16.5. The summed E-state index contributed by atoms with van der Waals surface area (Å²) in [6.07, 6.45) is 3.36. The van der Waals surface area contributed by atoms with Crippen molar-refractivity contribution < 1.29 is 14.3 Å². The first-order valence-corrected chi connectivity index (χ1v) is 9.78. The number of amides is 2. The van der Waals surface area contributed by atoms with Gasteiger partial charge in [-0.2, -0.15) is 0 Å². The topological polar surface area (TPSA) is 71.5 Å². The van der Waals surface area contributed by atoms with Crippen LogP contribution in [0.4, 0.5) is 5.69 Å². The second-order valence-corrected chi connectivity index (χ2v) is 6.87. The Bertz CT molecular complexity index is 782. The number of anilines is 1. The lowest BCUT2D eigenvalue weighted by molar-refractivity contribution is 0.0755. The predicted octanol–water partition coefficient (Wildman–Crippen LogP) is 4.38. The molecule has 0 aliphatic heterocycles. The first kappa shape index (κ1) is 21.4. The molecule has 0 spiro atoms. The fourth-order valence-electron chi connectivity index (χ4n) is 2.81. The molecule has 0 saturated heterocycles. The SMILES string of the molecule is CCCN(CCC)C(=O)c1ccnc(C(=O)Nc2ccc(OC(C)C)cc2)c1. The molecule has 0 atom stereocenters. The number of pyridine rings is 1. The predicted molar refractivity (Wildman–Crippen MR) is 111 cm³/mol. The standard InChI is InChI=1S/C22H29N3O3/c1-5-13-25(14-6-2)22(27)17-11-12-23-20(15-17)21(26)24-18-7-9-19(10-8-18)28-16(3)4/h7-12,15-16H,5-6,13-14H2,1-4H3,(H,24,26). The van der Waals surface area contributed by atoms with Gasteiger partial charge in [0.2, 0.25) is 0 Å². The van der Waals surface area contributed by atoms with Crippen LogP contribution in [0.2, 0.25) is 0 Å². The van der Waals surface area contributed by atoms with Gasteiger partial charge in [0.05, 0.1) is 6.10 Å². The van der Waals surface area contributed by atoms with Crippen LogP contribution in [0.15, 0.2) is 42.6 Å². The monoisotopic (exact) mass is 383 g/mol. The van der Waals surface area contributed by atoms with E-state index in [1.165, 1.54) is 6.20 Å². The van der Waals surface area contributed by atoms with Crippen LogP contribution in [0.1, 0.15) is 61.4 Å². The molecule has 1 aromatic heterocycles. The van der Waals surface area contributed by atoms with Gasteiger partial charge in [0.25, 0.3) is 11.8 Å². The molecule has 0 saturated carbocycles. The van der Waals surface area contributed by atoms with E-state index in [0.29, 0.717) is 24.3 Å². The number of carbonyl (C=O) groups is 2. The molecule has 0 bridgehead atoms. The van der Waals surface area contributed by atoms with E-state index in [2.05, 4.69) is 10.3 Å². The summed E-state index contributed by atoms with van der Waals surface area (Å²) in [6, 6.07) is 10.3. The van der Waals surface area contributed by atoms with Crippen molar-refractivity contribution in [2.75, 3.05) is 18.4 Å². The van der Waals surface area contributed by atoms with Crippen molar-refractivity contribution in [3.05, 3.63) is 53.9 Å². The molecule has 6 heteroatoms. The molecular weight excluding hydrogens is 354 g/mol. The lowest BCUT2D eigenvalue weighted by atomic mass is 10.1. The number of rotatable bonds is 9. The molecule has 0 radical (unpaired) electrons. The zero-order valence-electron chi connectivity index (χ0n) is 17.1. The number of hydrogen-bond donors (Lipinski definition) is 1. The Labute approximate surface area is 166 Å². The Kier molecular flexibility index (Phi) is 7.99. The molecule has 2 amide bonds. The van der Waals surface area contributed by atoms with Gasteiger partial charge in [-0.3, -0.25) is 14.6 Å². The van der Waals surface area contributed by atoms with Gasteiger partial charge in [-0.05, 0) is 63.1 Å². The van der Waals surface area contributed by atoms with Crippen LogP contribution in [0.25, 0.3) is 0 Å². The van der Waals surface area contributed by atoms with Crippen LogP contribution in [0.3, 0.4) is 0 Å². The Balaban J connectivity index is 2.10. The van der Waals surface area contributed by atoms with Gasteiger partial charge in [0, 0.05) is 30.5 Å². The van der Waals surface area contributed by atoms with Gasteiger partial charge in [-0.15, -0.1) is 0 Å². The first-order valence-electron chi connectivity index (χ1n) is 9.78. The minimum Gasteiger partial charge on any atom is -0.491 e. The number of nitrogens with zero attached hydrogens (tertiary/aromatic N) is 2. The number of nitrogens with one attached hydrogen (secondary N) is 1. The summed E-state index contributed by atoms with van der Waals surface area (Å²) in [4.78, 5) is 31.2. The summed E-state index contributed by atoms with van der Waals surface area (Å²) in [5.41, 5.74) is 1.32. The molecule has 0 aliphatic carbocycles. The van der Waals surface area contributed by atoms with E-state index in [9.17, 15) is 9.59 Å². The van der Waals surface area contributed by atoms with Crippen molar-refractivity contribution in [1.29, 1.82) is 0 Å². The third kappa shape index (κ3) is 6.08. The molecule has 1 heterocycles. The average Bonchev–Trinajstić information content (AvgIpc) is 2.68. The highest BCUT2D eigenvalue weighted by Crippen LogP contribution is 2.18.